The number of carboxylic acid groups (broad SMARTS) is 1. The standard InChI is InChI=1S/C15H31O7P.C3H7NO3/c1-2-3-4-5-6-7-8-9-10-11-15(17)21-12-14(16)13-22-23(18,19)20;4-2(1-5)3(6)7/h14,16H,2-13H2,1H3,(H2,18,19,20);2,5H,1,4H2,(H,6,7). The SMILES string of the molecule is CCCCCCCCCCCC(=O)OCC(O)COP(=O)(O)O.NC(CO)C(=O)O. The second-order valence-corrected chi connectivity index (χ2v) is 8.07. The summed E-state index contributed by atoms with van der Waals surface area (Å²) in [6, 6.07) is -1.13. The van der Waals surface area contributed by atoms with Gasteiger partial charge in [0.25, 0.3) is 0 Å². The Morgan fingerprint density at radius 2 is 1.47 bits per heavy atom. The zero-order valence-corrected chi connectivity index (χ0v) is 18.5. The molecule has 11 nitrogen and oxygen atoms in total. The highest BCUT2D eigenvalue weighted by molar-refractivity contribution is 7.46. The van der Waals surface area contributed by atoms with Crippen LogP contribution in [0.5, 0.6) is 0 Å². The normalized spacial score (nSPS) is 13.1. The van der Waals surface area contributed by atoms with Crippen molar-refractivity contribution in [1.29, 1.82) is 0 Å². The molecule has 0 bridgehead atoms. The lowest BCUT2D eigenvalue weighted by Gasteiger charge is -2.12. The molecule has 0 spiro atoms. The fourth-order valence-corrected chi connectivity index (χ4v) is 2.52. The van der Waals surface area contributed by atoms with Gasteiger partial charge in [0.15, 0.2) is 0 Å². The predicted molar refractivity (Wildman–Crippen MR) is 110 cm³/mol. The minimum absolute atomic E-state index is 0.294. The molecule has 12 heteroatoms. The van der Waals surface area contributed by atoms with Crippen LogP contribution in [0.1, 0.15) is 71.1 Å². The number of unbranched alkanes of at least 4 members (excludes halogenated alkanes) is 8. The van der Waals surface area contributed by atoms with Crippen molar-refractivity contribution >= 4 is 19.8 Å². The van der Waals surface area contributed by atoms with Gasteiger partial charge >= 0.3 is 19.8 Å². The summed E-state index contributed by atoms with van der Waals surface area (Å²) >= 11 is 0. The lowest BCUT2D eigenvalue weighted by atomic mass is 10.1. The predicted octanol–water partition coefficient (Wildman–Crippen LogP) is 1.31. The van der Waals surface area contributed by atoms with E-state index in [1.54, 1.807) is 0 Å². The Balaban J connectivity index is 0. The molecule has 0 radical (unpaired) electrons. The van der Waals surface area contributed by atoms with E-state index in [4.69, 9.17) is 30.5 Å². The molecule has 0 heterocycles. The molecule has 7 N–H and O–H groups in total. The maximum absolute atomic E-state index is 11.4. The van der Waals surface area contributed by atoms with Crippen LogP contribution in [0.15, 0.2) is 0 Å². The molecule has 30 heavy (non-hydrogen) atoms. The summed E-state index contributed by atoms with van der Waals surface area (Å²) in [5.74, 6) is -1.59. The largest absolute Gasteiger partial charge is 0.480 e. The monoisotopic (exact) mass is 459 g/mol. The van der Waals surface area contributed by atoms with Crippen molar-refractivity contribution < 1.29 is 48.5 Å². The van der Waals surface area contributed by atoms with Crippen LogP contribution in [-0.4, -0.2) is 69.0 Å². The molecule has 0 saturated heterocycles. The molecule has 0 aliphatic heterocycles. The number of ether oxygens (including phenoxy) is 1. The van der Waals surface area contributed by atoms with Gasteiger partial charge in [0.1, 0.15) is 18.8 Å². The highest BCUT2D eigenvalue weighted by Gasteiger charge is 2.17. The third-order valence-electron chi connectivity index (χ3n) is 3.87. The molecule has 0 fully saturated rings. The van der Waals surface area contributed by atoms with Gasteiger partial charge < -0.3 is 35.6 Å². The van der Waals surface area contributed by atoms with E-state index in [0.29, 0.717) is 6.42 Å². The van der Waals surface area contributed by atoms with Crippen molar-refractivity contribution in [3.8, 4) is 0 Å². The summed E-state index contributed by atoms with van der Waals surface area (Å²) in [4.78, 5) is 38.0. The smallest absolute Gasteiger partial charge is 0.469 e. The fourth-order valence-electron chi connectivity index (χ4n) is 2.15. The first-order valence-corrected chi connectivity index (χ1v) is 11.7. The molecule has 0 amide bonds. The van der Waals surface area contributed by atoms with Crippen molar-refractivity contribution in [2.24, 2.45) is 5.73 Å². The Hall–Kier alpha value is -1.07. The second-order valence-electron chi connectivity index (χ2n) is 6.83. The minimum atomic E-state index is -4.61. The number of carbonyl (C=O) groups excluding carboxylic acids is 1. The molecular weight excluding hydrogens is 421 g/mol. The van der Waals surface area contributed by atoms with Crippen LogP contribution in [0.4, 0.5) is 0 Å². The van der Waals surface area contributed by atoms with Gasteiger partial charge in [0, 0.05) is 6.42 Å². The van der Waals surface area contributed by atoms with Crippen LogP contribution < -0.4 is 5.73 Å². The Labute approximate surface area is 177 Å². The molecule has 0 aromatic carbocycles. The van der Waals surface area contributed by atoms with Gasteiger partial charge in [-0.1, -0.05) is 58.3 Å². The van der Waals surface area contributed by atoms with Crippen LogP contribution >= 0.6 is 7.82 Å². The minimum Gasteiger partial charge on any atom is -0.480 e. The molecule has 0 aliphatic carbocycles. The zero-order chi connectivity index (χ0) is 23.4. The van der Waals surface area contributed by atoms with Crippen LogP contribution in [0.2, 0.25) is 0 Å². The van der Waals surface area contributed by atoms with E-state index in [0.717, 1.165) is 19.3 Å². The summed E-state index contributed by atoms with van der Waals surface area (Å²) in [5.41, 5.74) is 4.77. The maximum Gasteiger partial charge on any atom is 0.469 e. The fraction of sp³-hybridized carbons (Fsp3) is 0.889. The lowest BCUT2D eigenvalue weighted by molar-refractivity contribution is -0.147. The van der Waals surface area contributed by atoms with Gasteiger partial charge in [0.05, 0.1) is 13.2 Å². The average molecular weight is 459 g/mol. The number of phosphoric ester groups is 1. The highest BCUT2D eigenvalue weighted by atomic mass is 31.2. The number of nitrogens with two attached hydrogens (primary N) is 1. The van der Waals surface area contributed by atoms with Crippen LogP contribution in [-0.2, 0) is 23.4 Å². The van der Waals surface area contributed by atoms with Crippen molar-refractivity contribution in [2.75, 3.05) is 19.8 Å². The average Bonchev–Trinajstić information content (AvgIpc) is 2.68. The topological polar surface area (TPSA) is 197 Å². The van der Waals surface area contributed by atoms with Gasteiger partial charge in [-0.15, -0.1) is 0 Å². The second kappa shape index (κ2) is 19.9. The molecule has 180 valence electrons. The van der Waals surface area contributed by atoms with Gasteiger partial charge in [-0.2, -0.15) is 0 Å². The Bertz CT molecular complexity index is 486. The first-order valence-electron chi connectivity index (χ1n) is 10.2. The van der Waals surface area contributed by atoms with E-state index in [-0.39, 0.29) is 6.61 Å². The molecule has 0 aromatic rings. The molecule has 0 rings (SSSR count). The summed E-state index contributed by atoms with van der Waals surface area (Å²) < 4.78 is 19.4. The number of aliphatic carboxylic acids is 1. The maximum atomic E-state index is 11.4. The third kappa shape index (κ3) is 25.0. The van der Waals surface area contributed by atoms with Gasteiger partial charge in [-0.25, -0.2) is 4.57 Å². The molecule has 2 atom stereocenters. The molecule has 0 saturated carbocycles. The van der Waals surface area contributed by atoms with E-state index < -0.39 is 45.1 Å². The van der Waals surface area contributed by atoms with E-state index in [9.17, 15) is 19.3 Å². The van der Waals surface area contributed by atoms with Gasteiger partial charge in [-0.05, 0) is 6.42 Å². The summed E-state index contributed by atoms with van der Waals surface area (Å²) in [5, 5.41) is 25.2. The van der Waals surface area contributed by atoms with Crippen molar-refractivity contribution in [2.45, 2.75) is 83.3 Å². The first-order chi connectivity index (χ1) is 14.0. The highest BCUT2D eigenvalue weighted by Crippen LogP contribution is 2.35. The molecule has 0 aliphatic rings. The number of phosphoric acid groups is 1. The van der Waals surface area contributed by atoms with E-state index in [1.807, 2.05) is 0 Å². The van der Waals surface area contributed by atoms with Gasteiger partial charge in [-0.3, -0.25) is 14.1 Å². The van der Waals surface area contributed by atoms with Crippen LogP contribution in [0.3, 0.4) is 0 Å². The van der Waals surface area contributed by atoms with Crippen molar-refractivity contribution in [3.63, 3.8) is 0 Å². The number of aliphatic hydroxyl groups is 2. The van der Waals surface area contributed by atoms with Crippen molar-refractivity contribution in [3.05, 3.63) is 0 Å². The van der Waals surface area contributed by atoms with E-state index in [2.05, 4.69) is 11.4 Å². The van der Waals surface area contributed by atoms with E-state index >= 15 is 0 Å². The molecular formula is C18H38NO10P. The number of carbonyl (C=O) groups is 2. The molecule has 0 aromatic heterocycles. The quantitative estimate of drug-likeness (QED) is 0.104. The number of rotatable bonds is 17. The first kappa shape index (κ1) is 31.1. The van der Waals surface area contributed by atoms with Crippen LogP contribution in [0.25, 0.3) is 0 Å². The number of hydrogen-bond acceptors (Lipinski definition) is 8. The number of esters is 1. The summed E-state index contributed by atoms with van der Waals surface area (Å²) in [6.07, 6.45) is 9.47. The number of carboxylic acids is 1. The number of aliphatic hydroxyl groups excluding tert-OH is 2. The lowest BCUT2D eigenvalue weighted by Crippen LogP contribution is -2.33. The number of hydrogen-bond donors (Lipinski definition) is 6. The summed E-state index contributed by atoms with van der Waals surface area (Å²) in [6.45, 7) is 0.796. The van der Waals surface area contributed by atoms with Crippen LogP contribution in [0, 0.1) is 0 Å². The van der Waals surface area contributed by atoms with E-state index in [1.165, 1.54) is 38.5 Å². The Morgan fingerprint density at radius 3 is 1.87 bits per heavy atom. The Morgan fingerprint density at radius 1 is 0.967 bits per heavy atom. The molecule has 2 unspecified atom stereocenters. The summed E-state index contributed by atoms with van der Waals surface area (Å²) in [7, 11) is -4.61. The van der Waals surface area contributed by atoms with Gasteiger partial charge in [0.2, 0.25) is 0 Å². The third-order valence-corrected chi connectivity index (χ3v) is 4.36. The Kier molecular flexibility index (Phi) is 20.6. The van der Waals surface area contributed by atoms with Crippen molar-refractivity contribution in [1.82, 2.24) is 0 Å². The zero-order valence-electron chi connectivity index (χ0n) is 17.6.